The number of nitrogens with one attached hydrogen (secondary N) is 3. The minimum absolute atomic E-state index is 0.0188. The van der Waals surface area contributed by atoms with Crippen LogP contribution in [-0.4, -0.2) is 34.3 Å². The van der Waals surface area contributed by atoms with Crippen molar-refractivity contribution in [2.75, 3.05) is 11.9 Å². The van der Waals surface area contributed by atoms with Gasteiger partial charge in [0.2, 0.25) is 0 Å². The number of H-pyrrole nitrogens is 1. The first-order chi connectivity index (χ1) is 27.5. The highest BCUT2D eigenvalue weighted by Gasteiger charge is 2.43. The zero-order valence-electron chi connectivity index (χ0n) is 30.7. The monoisotopic (exact) mass is 793 g/mol. The summed E-state index contributed by atoms with van der Waals surface area (Å²) in [5, 5.41) is 5.99. The van der Waals surface area contributed by atoms with Crippen molar-refractivity contribution in [3.05, 3.63) is 205 Å². The Morgan fingerprint density at radius 3 is 1.98 bits per heavy atom. The first kappa shape index (κ1) is 39.3. The molecule has 0 radical (unpaired) electrons. The number of halogens is 4. The van der Waals surface area contributed by atoms with E-state index in [4.69, 9.17) is 26.1 Å². The van der Waals surface area contributed by atoms with Gasteiger partial charge in [0.15, 0.2) is 5.96 Å². The molecule has 6 aromatic rings. The van der Waals surface area contributed by atoms with Crippen molar-refractivity contribution in [3.8, 4) is 0 Å². The van der Waals surface area contributed by atoms with E-state index in [1.807, 2.05) is 121 Å². The van der Waals surface area contributed by atoms with Gasteiger partial charge >= 0.3 is 11.9 Å². The topological polar surface area (TPSA) is 110 Å². The zero-order valence-corrected chi connectivity index (χ0v) is 31.5. The Bertz CT molecular complexity index is 2330. The number of aromatic amines is 1. The molecule has 2 heterocycles. The largest absolute Gasteiger partial charge is 0.417 e. The number of alkyl halides is 3. The third kappa shape index (κ3) is 8.88. The van der Waals surface area contributed by atoms with Gasteiger partial charge in [-0.3, -0.25) is 14.3 Å². The molecule has 0 bridgehead atoms. The predicted molar refractivity (Wildman–Crippen MR) is 214 cm³/mol. The van der Waals surface area contributed by atoms with Gasteiger partial charge in [0.05, 0.1) is 29.8 Å². The van der Waals surface area contributed by atoms with Crippen molar-refractivity contribution in [1.82, 2.24) is 14.9 Å². The van der Waals surface area contributed by atoms with Crippen LogP contribution in [0.25, 0.3) is 0 Å². The molecule has 1 saturated heterocycles. The molecule has 5 aromatic carbocycles. The number of hydrogen-bond donors (Lipinski definition) is 3. The van der Waals surface area contributed by atoms with Gasteiger partial charge in [0.1, 0.15) is 17.9 Å². The average molecular weight is 794 g/mol. The number of aryl methyl sites for hydroxylation is 1. The van der Waals surface area contributed by atoms with Gasteiger partial charge < -0.3 is 20.1 Å². The fourth-order valence-corrected chi connectivity index (χ4v) is 7.22. The number of aromatic nitrogens is 2. The molecule has 1 aliphatic heterocycles. The summed E-state index contributed by atoms with van der Waals surface area (Å²) in [5.74, 6) is 0.152. The third-order valence-electron chi connectivity index (χ3n) is 9.82. The molecule has 9 nitrogen and oxygen atoms in total. The summed E-state index contributed by atoms with van der Waals surface area (Å²) in [7, 11) is 0. The smallest absolute Gasteiger partial charge is 0.358 e. The van der Waals surface area contributed by atoms with Crippen LogP contribution in [0.15, 0.2) is 160 Å². The van der Waals surface area contributed by atoms with Crippen LogP contribution in [0.4, 0.5) is 18.9 Å². The van der Waals surface area contributed by atoms with Crippen LogP contribution < -0.4 is 21.9 Å². The Morgan fingerprint density at radius 2 is 1.42 bits per heavy atom. The molecule has 0 spiro atoms. The van der Waals surface area contributed by atoms with E-state index >= 15 is 0 Å². The number of anilines is 1. The molecule has 1 aromatic heterocycles. The molecule has 1 fully saturated rings. The van der Waals surface area contributed by atoms with E-state index < -0.39 is 52.0 Å². The molecule has 57 heavy (non-hydrogen) atoms. The van der Waals surface area contributed by atoms with Crippen LogP contribution in [0.1, 0.15) is 46.0 Å². The lowest BCUT2D eigenvalue weighted by atomic mass is 9.80. The third-order valence-corrected chi connectivity index (χ3v) is 10.1. The lowest BCUT2D eigenvalue weighted by Crippen LogP contribution is -2.46. The molecule has 0 aliphatic carbocycles. The summed E-state index contributed by atoms with van der Waals surface area (Å²) >= 11 is 5.95. The van der Waals surface area contributed by atoms with Gasteiger partial charge in [-0.15, -0.1) is 0 Å². The molecule has 3 atom stereocenters. The van der Waals surface area contributed by atoms with Crippen molar-refractivity contribution in [2.24, 2.45) is 4.99 Å². The van der Waals surface area contributed by atoms with Gasteiger partial charge in [-0.2, -0.15) is 13.2 Å². The van der Waals surface area contributed by atoms with E-state index in [-0.39, 0.29) is 31.2 Å². The van der Waals surface area contributed by atoms with E-state index in [9.17, 15) is 22.8 Å². The van der Waals surface area contributed by atoms with Crippen LogP contribution in [0.3, 0.4) is 0 Å². The van der Waals surface area contributed by atoms with Crippen LogP contribution in [0.5, 0.6) is 0 Å². The summed E-state index contributed by atoms with van der Waals surface area (Å²) in [5.41, 5.74) is 0.589. The zero-order chi connectivity index (χ0) is 40.0. The Kier molecular flexibility index (Phi) is 11.7. The van der Waals surface area contributed by atoms with E-state index in [2.05, 4.69) is 15.6 Å². The van der Waals surface area contributed by atoms with Crippen LogP contribution in [0, 0.1) is 6.92 Å². The Hall–Kier alpha value is -5.95. The van der Waals surface area contributed by atoms with Gasteiger partial charge in [0.25, 0.3) is 5.56 Å². The standard InChI is InChI=1S/C44H39ClF3N5O4/c1-29-27-53(42(55)52-40(29)54)39-25-37(51-41(49-26-30-14-6-2-7-15-30)50-34-22-23-36(45)35(24-34)44(46,47)48)38(57-39)28-56-43(31-16-8-3-9-17-31,32-18-10-4-11-19-32)33-20-12-5-13-21-33/h2-24,27,37-39H,25-26,28H2,1H3,(H2,49,50,51)(H,52,54,55)/t37-,38+,39+/m0/s1. The van der Waals surface area contributed by atoms with Gasteiger partial charge in [0, 0.05) is 23.9 Å². The highest BCUT2D eigenvalue weighted by molar-refractivity contribution is 6.31. The second kappa shape index (κ2) is 17.0. The maximum atomic E-state index is 13.9. The van der Waals surface area contributed by atoms with Crippen molar-refractivity contribution in [2.45, 2.75) is 50.0 Å². The normalized spacial score (nSPS) is 17.4. The predicted octanol–water partition coefficient (Wildman–Crippen LogP) is 8.44. The summed E-state index contributed by atoms with van der Waals surface area (Å²) in [6.45, 7) is 1.76. The van der Waals surface area contributed by atoms with Gasteiger partial charge in [-0.25, -0.2) is 9.79 Å². The number of aliphatic imine (C=N–C) groups is 1. The Balaban J connectivity index is 1.29. The van der Waals surface area contributed by atoms with Crippen molar-refractivity contribution in [1.29, 1.82) is 0 Å². The Labute approximate surface area is 331 Å². The first-order valence-electron chi connectivity index (χ1n) is 18.3. The van der Waals surface area contributed by atoms with Crippen LogP contribution in [0.2, 0.25) is 5.02 Å². The highest BCUT2D eigenvalue weighted by Crippen LogP contribution is 2.42. The molecular weight excluding hydrogens is 755 g/mol. The molecule has 0 saturated carbocycles. The molecule has 0 unspecified atom stereocenters. The first-order valence-corrected chi connectivity index (χ1v) is 18.7. The van der Waals surface area contributed by atoms with Gasteiger partial charge in [-0.1, -0.05) is 133 Å². The minimum atomic E-state index is -4.69. The molecule has 13 heteroatoms. The number of benzene rings is 5. The maximum absolute atomic E-state index is 13.9. The van der Waals surface area contributed by atoms with Crippen molar-refractivity contribution >= 4 is 23.2 Å². The Morgan fingerprint density at radius 1 is 0.860 bits per heavy atom. The maximum Gasteiger partial charge on any atom is 0.417 e. The van der Waals surface area contributed by atoms with E-state index in [0.717, 1.165) is 28.3 Å². The number of hydrogen-bond acceptors (Lipinski definition) is 5. The summed E-state index contributed by atoms with van der Waals surface area (Å²) in [6, 6.07) is 41.7. The summed E-state index contributed by atoms with van der Waals surface area (Å²) in [6.07, 6.45) is -4.67. The van der Waals surface area contributed by atoms with E-state index in [1.165, 1.54) is 22.9 Å². The molecule has 292 valence electrons. The molecule has 1 aliphatic rings. The second-order valence-electron chi connectivity index (χ2n) is 13.7. The summed E-state index contributed by atoms with van der Waals surface area (Å²) < 4.78 is 56.9. The molecule has 3 N–H and O–H groups in total. The fraction of sp³-hybridized carbons (Fsp3) is 0.205. The van der Waals surface area contributed by atoms with E-state index in [0.29, 0.717) is 5.56 Å². The van der Waals surface area contributed by atoms with Crippen LogP contribution in [-0.2, 0) is 27.8 Å². The summed E-state index contributed by atoms with van der Waals surface area (Å²) in [4.78, 5) is 32.6. The number of guanidine groups is 1. The SMILES string of the molecule is Cc1cn([C@H]2C[C@H](NC(=NCc3ccccc3)Nc3ccc(Cl)c(C(F)(F)F)c3)[C@@H](COC(c3ccccc3)(c3ccccc3)c3ccccc3)O2)c(=O)[nH]c1=O. The fourth-order valence-electron chi connectivity index (χ4n) is 6.99. The van der Waals surface area contributed by atoms with Crippen molar-refractivity contribution in [3.63, 3.8) is 0 Å². The number of rotatable bonds is 11. The minimum Gasteiger partial charge on any atom is -0.358 e. The molecule has 0 amide bonds. The van der Waals surface area contributed by atoms with Crippen molar-refractivity contribution < 1.29 is 22.6 Å². The number of nitrogens with zero attached hydrogens (tertiary/aromatic N) is 2. The highest BCUT2D eigenvalue weighted by atomic mass is 35.5. The van der Waals surface area contributed by atoms with Crippen LogP contribution >= 0.6 is 11.6 Å². The average Bonchev–Trinajstić information content (AvgIpc) is 3.62. The quantitative estimate of drug-likeness (QED) is 0.0691. The van der Waals surface area contributed by atoms with Gasteiger partial charge in [-0.05, 0) is 47.4 Å². The second-order valence-corrected chi connectivity index (χ2v) is 14.1. The van der Waals surface area contributed by atoms with E-state index in [1.54, 1.807) is 6.92 Å². The lowest BCUT2D eigenvalue weighted by molar-refractivity contribution is -0.137. The lowest BCUT2D eigenvalue weighted by Gasteiger charge is -2.37. The number of ether oxygens (including phenoxy) is 2. The molecular formula is C44H39ClF3N5O4. The molecule has 7 rings (SSSR count).